The molecule has 1 aromatic heterocycles. The summed E-state index contributed by atoms with van der Waals surface area (Å²) in [5.41, 5.74) is -0.191. The number of aromatic hydroxyl groups is 1. The van der Waals surface area contributed by atoms with E-state index in [2.05, 4.69) is 17.2 Å². The molecule has 0 saturated heterocycles. The second-order valence-electron chi connectivity index (χ2n) is 5.05. The average Bonchev–Trinajstić information content (AvgIpc) is 2.55. The highest BCUT2D eigenvalue weighted by Crippen LogP contribution is 2.26. The molecule has 1 aromatic carbocycles. The maximum atomic E-state index is 12.6. The van der Waals surface area contributed by atoms with Crippen LogP contribution in [0.1, 0.15) is 17.3 Å². The molecule has 2 rings (SSSR count). The number of allylic oxidation sites excluding steroid dienone is 1. The summed E-state index contributed by atoms with van der Waals surface area (Å²) in [7, 11) is 0. The number of fused-ring (bicyclic) bond motifs is 1. The molecule has 0 fully saturated rings. The van der Waals surface area contributed by atoms with Crippen LogP contribution in [0.3, 0.4) is 0 Å². The Morgan fingerprint density at radius 2 is 2.04 bits per heavy atom. The van der Waals surface area contributed by atoms with Gasteiger partial charge >= 0.3 is 0 Å². The molecule has 7 heteroatoms. The Hall–Kier alpha value is -2.31. The van der Waals surface area contributed by atoms with Gasteiger partial charge in [-0.2, -0.15) is 0 Å². The standard InChI is InChI=1S/C17H21N3O3.ClH/c1-3-11-20-13-8-6-5-7-12(13)15(21)14(17(20)23)16(22)19-10-9-18-4-2;/h3,5-8,18,21H,1,4,9-11H2,2H3,(H,19,22);1H. The fourth-order valence-corrected chi connectivity index (χ4v) is 2.43. The van der Waals surface area contributed by atoms with Crippen molar-refractivity contribution in [1.82, 2.24) is 15.2 Å². The Balaban J connectivity index is 0.00000288. The van der Waals surface area contributed by atoms with Crippen molar-refractivity contribution >= 4 is 29.2 Å². The number of aromatic nitrogens is 1. The van der Waals surface area contributed by atoms with Crippen LogP contribution in [0.4, 0.5) is 0 Å². The largest absolute Gasteiger partial charge is 0.506 e. The Labute approximate surface area is 146 Å². The first-order valence-corrected chi connectivity index (χ1v) is 7.56. The number of rotatable bonds is 7. The van der Waals surface area contributed by atoms with Gasteiger partial charge in [0.2, 0.25) is 0 Å². The van der Waals surface area contributed by atoms with Gasteiger partial charge in [-0.1, -0.05) is 25.1 Å². The van der Waals surface area contributed by atoms with Crippen molar-refractivity contribution < 1.29 is 9.90 Å². The monoisotopic (exact) mass is 351 g/mol. The van der Waals surface area contributed by atoms with Crippen LogP contribution < -0.4 is 16.2 Å². The van der Waals surface area contributed by atoms with Crippen molar-refractivity contribution in [1.29, 1.82) is 0 Å². The van der Waals surface area contributed by atoms with Gasteiger partial charge in [0.1, 0.15) is 11.3 Å². The summed E-state index contributed by atoms with van der Waals surface area (Å²) in [6, 6.07) is 6.93. The van der Waals surface area contributed by atoms with Crippen molar-refractivity contribution in [2.24, 2.45) is 0 Å². The Morgan fingerprint density at radius 3 is 2.71 bits per heavy atom. The van der Waals surface area contributed by atoms with Crippen LogP contribution in [0.5, 0.6) is 5.75 Å². The number of para-hydroxylation sites is 1. The first-order chi connectivity index (χ1) is 11.1. The number of carbonyl (C=O) groups is 1. The van der Waals surface area contributed by atoms with E-state index in [9.17, 15) is 14.7 Å². The van der Waals surface area contributed by atoms with Gasteiger partial charge < -0.3 is 20.3 Å². The fraction of sp³-hybridized carbons (Fsp3) is 0.294. The number of hydrogen-bond donors (Lipinski definition) is 3. The van der Waals surface area contributed by atoms with E-state index in [1.54, 1.807) is 30.3 Å². The zero-order valence-corrected chi connectivity index (χ0v) is 14.4. The van der Waals surface area contributed by atoms with Crippen LogP contribution in [0.15, 0.2) is 41.7 Å². The predicted octanol–water partition coefficient (Wildman–Crippen LogP) is 1.65. The molecule has 130 valence electrons. The number of pyridine rings is 1. The normalized spacial score (nSPS) is 10.2. The van der Waals surface area contributed by atoms with Crippen molar-refractivity contribution in [3.05, 3.63) is 52.8 Å². The van der Waals surface area contributed by atoms with Gasteiger partial charge in [0.25, 0.3) is 11.5 Å². The number of hydrogen-bond acceptors (Lipinski definition) is 4. The maximum absolute atomic E-state index is 12.6. The molecular formula is C17H22ClN3O3. The number of halogens is 1. The lowest BCUT2D eigenvalue weighted by atomic mass is 10.1. The third kappa shape index (κ3) is 3.96. The number of nitrogens with zero attached hydrogens (tertiary/aromatic N) is 1. The number of nitrogens with one attached hydrogen (secondary N) is 2. The molecule has 2 aromatic rings. The molecule has 0 saturated carbocycles. The van der Waals surface area contributed by atoms with E-state index < -0.39 is 11.5 Å². The van der Waals surface area contributed by atoms with E-state index in [0.29, 0.717) is 24.0 Å². The van der Waals surface area contributed by atoms with Crippen molar-refractivity contribution in [2.45, 2.75) is 13.5 Å². The third-order valence-electron chi connectivity index (χ3n) is 3.52. The van der Waals surface area contributed by atoms with Crippen LogP contribution in [0, 0.1) is 0 Å². The average molecular weight is 352 g/mol. The van der Waals surface area contributed by atoms with E-state index in [0.717, 1.165) is 6.54 Å². The molecule has 0 spiro atoms. The summed E-state index contributed by atoms with van der Waals surface area (Å²) in [6.07, 6.45) is 1.58. The number of likely N-dealkylation sites (N-methyl/N-ethyl adjacent to an activating group) is 1. The summed E-state index contributed by atoms with van der Waals surface area (Å²) in [5.74, 6) is -0.860. The smallest absolute Gasteiger partial charge is 0.268 e. The minimum absolute atomic E-state index is 0. The molecule has 0 aliphatic rings. The molecule has 1 amide bonds. The molecule has 0 radical (unpaired) electrons. The summed E-state index contributed by atoms with van der Waals surface area (Å²) >= 11 is 0. The van der Waals surface area contributed by atoms with E-state index in [1.165, 1.54) is 4.57 Å². The quantitative estimate of drug-likeness (QED) is 0.523. The molecule has 0 bridgehead atoms. The van der Waals surface area contributed by atoms with Crippen LogP contribution in [-0.2, 0) is 6.54 Å². The Bertz CT molecular complexity index is 786. The minimum atomic E-state index is -0.575. The van der Waals surface area contributed by atoms with Crippen molar-refractivity contribution in [2.75, 3.05) is 19.6 Å². The van der Waals surface area contributed by atoms with Crippen LogP contribution in [-0.4, -0.2) is 35.2 Å². The number of carbonyl (C=O) groups excluding carboxylic acids is 1. The summed E-state index contributed by atoms with van der Waals surface area (Å²) in [5, 5.41) is 16.6. The molecular weight excluding hydrogens is 330 g/mol. The topological polar surface area (TPSA) is 83.4 Å². The predicted molar refractivity (Wildman–Crippen MR) is 98.2 cm³/mol. The summed E-state index contributed by atoms with van der Waals surface area (Å²) in [4.78, 5) is 24.9. The van der Waals surface area contributed by atoms with Crippen molar-refractivity contribution in [3.63, 3.8) is 0 Å². The molecule has 0 unspecified atom stereocenters. The first-order valence-electron chi connectivity index (χ1n) is 7.56. The fourth-order valence-electron chi connectivity index (χ4n) is 2.43. The zero-order chi connectivity index (χ0) is 16.8. The lowest BCUT2D eigenvalue weighted by Crippen LogP contribution is -2.36. The van der Waals surface area contributed by atoms with Gasteiger partial charge in [-0.15, -0.1) is 19.0 Å². The van der Waals surface area contributed by atoms with Crippen LogP contribution >= 0.6 is 12.4 Å². The molecule has 0 aliphatic heterocycles. The number of amides is 1. The Morgan fingerprint density at radius 1 is 1.33 bits per heavy atom. The van der Waals surface area contributed by atoms with Crippen LogP contribution in [0.25, 0.3) is 10.9 Å². The molecule has 0 atom stereocenters. The summed E-state index contributed by atoms with van der Waals surface area (Å²) in [6.45, 7) is 7.63. The molecule has 1 heterocycles. The van der Waals surface area contributed by atoms with Gasteiger partial charge in [-0.3, -0.25) is 9.59 Å². The van der Waals surface area contributed by atoms with E-state index in [-0.39, 0.29) is 30.3 Å². The zero-order valence-electron chi connectivity index (χ0n) is 13.5. The lowest BCUT2D eigenvalue weighted by Gasteiger charge is -2.13. The maximum Gasteiger partial charge on any atom is 0.268 e. The van der Waals surface area contributed by atoms with Gasteiger partial charge in [0.15, 0.2) is 0 Å². The van der Waals surface area contributed by atoms with Gasteiger partial charge in [-0.25, -0.2) is 0 Å². The second-order valence-corrected chi connectivity index (χ2v) is 5.05. The van der Waals surface area contributed by atoms with Gasteiger partial charge in [-0.05, 0) is 18.7 Å². The highest BCUT2D eigenvalue weighted by atomic mass is 35.5. The lowest BCUT2D eigenvalue weighted by molar-refractivity contribution is 0.0949. The SMILES string of the molecule is C=CCn1c(=O)c(C(=O)NCCNCC)c(O)c2ccccc21.Cl. The molecule has 3 N–H and O–H groups in total. The Kier molecular flexibility index (Phi) is 7.48. The second kappa shape index (κ2) is 9.10. The molecule has 0 aliphatic carbocycles. The van der Waals surface area contributed by atoms with Crippen molar-refractivity contribution in [3.8, 4) is 5.75 Å². The minimum Gasteiger partial charge on any atom is -0.506 e. The highest BCUT2D eigenvalue weighted by molar-refractivity contribution is 6.02. The molecule has 24 heavy (non-hydrogen) atoms. The third-order valence-corrected chi connectivity index (χ3v) is 3.52. The summed E-state index contributed by atoms with van der Waals surface area (Å²) < 4.78 is 1.43. The van der Waals surface area contributed by atoms with E-state index in [4.69, 9.17) is 0 Å². The highest BCUT2D eigenvalue weighted by Gasteiger charge is 2.21. The van der Waals surface area contributed by atoms with Gasteiger partial charge in [0, 0.05) is 25.0 Å². The van der Waals surface area contributed by atoms with Gasteiger partial charge in [0.05, 0.1) is 5.52 Å². The van der Waals surface area contributed by atoms with E-state index in [1.807, 2.05) is 6.92 Å². The number of benzene rings is 1. The first kappa shape index (κ1) is 19.7. The molecule has 6 nitrogen and oxygen atoms in total. The van der Waals surface area contributed by atoms with E-state index >= 15 is 0 Å². The van der Waals surface area contributed by atoms with Crippen LogP contribution in [0.2, 0.25) is 0 Å².